The molecular weight excluding hydrogens is 183 g/mol. The second-order valence-electron chi connectivity index (χ2n) is 2.71. The highest BCUT2D eigenvalue weighted by Crippen LogP contribution is 2.07. The summed E-state index contributed by atoms with van der Waals surface area (Å²) in [7, 11) is 0. The van der Waals surface area contributed by atoms with Crippen LogP contribution in [0.15, 0.2) is 36.9 Å². The van der Waals surface area contributed by atoms with Gasteiger partial charge in [-0.05, 0) is 12.1 Å². The largest absolute Gasteiger partial charge is 0.369 e. The zero-order valence-corrected chi connectivity index (χ0v) is 7.70. The Labute approximate surface area is 82.0 Å². The van der Waals surface area contributed by atoms with Gasteiger partial charge in [-0.15, -0.1) is 6.58 Å². The van der Waals surface area contributed by atoms with Crippen molar-refractivity contribution < 1.29 is 13.9 Å². The van der Waals surface area contributed by atoms with Gasteiger partial charge in [-0.1, -0.05) is 18.2 Å². The van der Waals surface area contributed by atoms with Gasteiger partial charge in [0, 0.05) is 0 Å². The Hall–Kier alpha value is -1.48. The number of carbonyl (C=O) groups excluding carboxylic acids is 1. The average Bonchev–Trinajstić information content (AvgIpc) is 2.18. The molecule has 0 unspecified atom stereocenters. The lowest BCUT2D eigenvalue weighted by molar-refractivity contribution is 0.0802. The van der Waals surface area contributed by atoms with Gasteiger partial charge in [-0.25, -0.2) is 4.39 Å². The SMILES string of the molecule is C=CCOCC(=O)c1ccccc1F. The van der Waals surface area contributed by atoms with Crippen molar-refractivity contribution in [2.24, 2.45) is 0 Å². The van der Waals surface area contributed by atoms with Crippen LogP contribution in [0.5, 0.6) is 0 Å². The van der Waals surface area contributed by atoms with Crippen LogP contribution in [-0.2, 0) is 4.74 Å². The van der Waals surface area contributed by atoms with E-state index in [2.05, 4.69) is 6.58 Å². The molecule has 2 nitrogen and oxygen atoms in total. The van der Waals surface area contributed by atoms with Gasteiger partial charge in [0.05, 0.1) is 12.2 Å². The molecule has 1 aromatic carbocycles. The lowest BCUT2D eigenvalue weighted by Crippen LogP contribution is -2.10. The summed E-state index contributed by atoms with van der Waals surface area (Å²) in [5, 5.41) is 0. The van der Waals surface area contributed by atoms with Gasteiger partial charge < -0.3 is 4.74 Å². The minimum Gasteiger partial charge on any atom is -0.369 e. The third-order valence-electron chi connectivity index (χ3n) is 1.64. The van der Waals surface area contributed by atoms with Crippen LogP contribution in [0.3, 0.4) is 0 Å². The second-order valence-corrected chi connectivity index (χ2v) is 2.71. The predicted molar refractivity (Wildman–Crippen MR) is 51.7 cm³/mol. The van der Waals surface area contributed by atoms with Crippen molar-refractivity contribution in [1.29, 1.82) is 0 Å². The molecule has 0 aliphatic rings. The van der Waals surface area contributed by atoms with Crippen molar-refractivity contribution in [1.82, 2.24) is 0 Å². The smallest absolute Gasteiger partial charge is 0.191 e. The molecule has 0 spiro atoms. The molecule has 3 heteroatoms. The van der Waals surface area contributed by atoms with Crippen LogP contribution < -0.4 is 0 Å². The van der Waals surface area contributed by atoms with Crippen molar-refractivity contribution >= 4 is 5.78 Å². The second kappa shape index (κ2) is 5.29. The van der Waals surface area contributed by atoms with Crippen LogP contribution in [-0.4, -0.2) is 19.0 Å². The molecule has 1 rings (SSSR count). The van der Waals surface area contributed by atoms with Crippen LogP contribution >= 0.6 is 0 Å². The van der Waals surface area contributed by atoms with Gasteiger partial charge in [-0.2, -0.15) is 0 Å². The molecule has 0 heterocycles. The number of ketones is 1. The molecule has 0 bridgehead atoms. The number of hydrogen-bond acceptors (Lipinski definition) is 2. The van der Waals surface area contributed by atoms with Gasteiger partial charge in [0.1, 0.15) is 12.4 Å². The standard InChI is InChI=1S/C11H11FO2/c1-2-7-14-8-11(13)9-5-3-4-6-10(9)12/h2-6H,1,7-8H2. The first-order chi connectivity index (χ1) is 6.75. The van der Waals surface area contributed by atoms with Crippen LogP contribution in [0.25, 0.3) is 0 Å². The Balaban J connectivity index is 2.60. The first-order valence-corrected chi connectivity index (χ1v) is 4.22. The fourth-order valence-corrected chi connectivity index (χ4v) is 1.00. The Morgan fingerprint density at radius 2 is 2.21 bits per heavy atom. The topological polar surface area (TPSA) is 26.3 Å². The zero-order valence-electron chi connectivity index (χ0n) is 7.70. The number of hydrogen-bond donors (Lipinski definition) is 0. The van der Waals surface area contributed by atoms with E-state index in [0.29, 0.717) is 6.61 Å². The predicted octanol–water partition coefficient (Wildman–Crippen LogP) is 2.21. The highest BCUT2D eigenvalue weighted by atomic mass is 19.1. The fraction of sp³-hybridized carbons (Fsp3) is 0.182. The van der Waals surface area contributed by atoms with Crippen molar-refractivity contribution in [3.05, 3.63) is 48.3 Å². The quantitative estimate of drug-likeness (QED) is 0.408. The number of rotatable bonds is 5. The minimum absolute atomic E-state index is 0.0663. The van der Waals surface area contributed by atoms with Crippen molar-refractivity contribution in [3.8, 4) is 0 Å². The van der Waals surface area contributed by atoms with Crippen LogP contribution in [0.2, 0.25) is 0 Å². The number of carbonyl (C=O) groups is 1. The average molecular weight is 194 g/mol. The Morgan fingerprint density at radius 1 is 1.50 bits per heavy atom. The molecule has 0 aliphatic heterocycles. The summed E-state index contributed by atoms with van der Waals surface area (Å²) in [5.41, 5.74) is 0.0663. The van der Waals surface area contributed by atoms with Crippen molar-refractivity contribution in [3.63, 3.8) is 0 Å². The summed E-state index contributed by atoms with van der Waals surface area (Å²) in [4.78, 5) is 11.3. The number of halogens is 1. The monoisotopic (exact) mass is 194 g/mol. The molecule has 0 radical (unpaired) electrons. The maximum atomic E-state index is 13.1. The van der Waals surface area contributed by atoms with E-state index in [0.717, 1.165) is 0 Å². The van der Waals surface area contributed by atoms with E-state index in [4.69, 9.17) is 4.74 Å². The molecule has 14 heavy (non-hydrogen) atoms. The summed E-state index contributed by atoms with van der Waals surface area (Å²) in [6, 6.07) is 5.84. The van der Waals surface area contributed by atoms with Gasteiger partial charge in [-0.3, -0.25) is 4.79 Å². The maximum absolute atomic E-state index is 13.1. The Bertz CT molecular complexity index is 334. The summed E-state index contributed by atoms with van der Waals surface area (Å²) in [5.74, 6) is -0.871. The molecule has 0 saturated carbocycles. The summed E-state index contributed by atoms with van der Waals surface area (Å²) in [6.45, 7) is 3.61. The van der Waals surface area contributed by atoms with E-state index in [1.807, 2.05) is 0 Å². The molecule has 0 N–H and O–H groups in total. The van der Waals surface area contributed by atoms with E-state index < -0.39 is 5.82 Å². The highest BCUT2D eigenvalue weighted by Gasteiger charge is 2.09. The molecule has 74 valence electrons. The van der Waals surface area contributed by atoms with Gasteiger partial charge in [0.2, 0.25) is 0 Å². The number of ether oxygens (including phenoxy) is 1. The Morgan fingerprint density at radius 3 is 2.86 bits per heavy atom. The van der Waals surface area contributed by atoms with Crippen LogP contribution in [0, 0.1) is 5.82 Å². The molecule has 0 amide bonds. The Kier molecular flexibility index (Phi) is 4.01. The molecule has 0 fully saturated rings. The van der Waals surface area contributed by atoms with Crippen LogP contribution in [0.4, 0.5) is 4.39 Å². The third kappa shape index (κ3) is 2.78. The molecular formula is C11H11FO2. The van der Waals surface area contributed by atoms with Crippen molar-refractivity contribution in [2.75, 3.05) is 13.2 Å². The third-order valence-corrected chi connectivity index (χ3v) is 1.64. The summed E-state index contributed by atoms with van der Waals surface area (Å²) >= 11 is 0. The lowest BCUT2D eigenvalue weighted by atomic mass is 10.1. The first kappa shape index (κ1) is 10.6. The molecule has 0 atom stereocenters. The van der Waals surface area contributed by atoms with E-state index in [1.54, 1.807) is 6.07 Å². The number of benzene rings is 1. The van der Waals surface area contributed by atoms with Gasteiger partial charge >= 0.3 is 0 Å². The minimum atomic E-state index is -0.514. The summed E-state index contributed by atoms with van der Waals surface area (Å²) in [6.07, 6.45) is 1.54. The first-order valence-electron chi connectivity index (χ1n) is 4.22. The van der Waals surface area contributed by atoms with E-state index >= 15 is 0 Å². The lowest BCUT2D eigenvalue weighted by Gasteiger charge is -2.01. The molecule has 0 aromatic heterocycles. The van der Waals surface area contributed by atoms with E-state index in [-0.39, 0.29) is 18.0 Å². The zero-order chi connectivity index (χ0) is 10.4. The summed E-state index contributed by atoms with van der Waals surface area (Å²) < 4.78 is 18.0. The van der Waals surface area contributed by atoms with E-state index in [1.165, 1.54) is 24.3 Å². The van der Waals surface area contributed by atoms with Crippen LogP contribution in [0.1, 0.15) is 10.4 Å². The molecule has 0 saturated heterocycles. The number of Topliss-reactive ketones (excluding diaryl/α,β-unsaturated/α-hetero) is 1. The van der Waals surface area contributed by atoms with Gasteiger partial charge in [0.25, 0.3) is 0 Å². The normalized spacial score (nSPS) is 9.79. The van der Waals surface area contributed by atoms with Gasteiger partial charge in [0.15, 0.2) is 5.78 Å². The highest BCUT2D eigenvalue weighted by molar-refractivity contribution is 5.97. The van der Waals surface area contributed by atoms with E-state index in [9.17, 15) is 9.18 Å². The molecule has 1 aromatic rings. The van der Waals surface area contributed by atoms with Crippen molar-refractivity contribution in [2.45, 2.75) is 0 Å². The fourth-order valence-electron chi connectivity index (χ4n) is 1.00. The molecule has 0 aliphatic carbocycles. The maximum Gasteiger partial charge on any atom is 0.191 e.